The quantitative estimate of drug-likeness (QED) is 0.843. The number of nitrogens with zero attached hydrogens (tertiary/aromatic N) is 3. The maximum Gasteiger partial charge on any atom is 0.134 e. The van der Waals surface area contributed by atoms with Gasteiger partial charge < -0.3 is 15.5 Å². The molecule has 2 rings (SSSR count). The molecule has 1 aliphatic heterocycles. The van der Waals surface area contributed by atoms with E-state index < -0.39 is 0 Å². The number of rotatable bonds is 6. The lowest BCUT2D eigenvalue weighted by Crippen LogP contribution is -2.35. The first-order valence-electron chi connectivity index (χ1n) is 8.19. The normalized spacial score (nSPS) is 17.0. The molecule has 1 fully saturated rings. The van der Waals surface area contributed by atoms with E-state index >= 15 is 0 Å². The van der Waals surface area contributed by atoms with Gasteiger partial charge in [-0.05, 0) is 45.3 Å². The number of nitrogens with one attached hydrogen (secondary N) is 2. The van der Waals surface area contributed by atoms with Crippen LogP contribution >= 0.6 is 0 Å². The third kappa shape index (κ3) is 4.06. The van der Waals surface area contributed by atoms with Crippen molar-refractivity contribution in [3.63, 3.8) is 0 Å². The van der Waals surface area contributed by atoms with Gasteiger partial charge in [0.2, 0.25) is 0 Å². The molecule has 1 saturated heterocycles. The zero-order chi connectivity index (χ0) is 15.2. The van der Waals surface area contributed by atoms with E-state index in [0.29, 0.717) is 0 Å². The minimum Gasteiger partial charge on any atom is -0.373 e. The summed E-state index contributed by atoms with van der Waals surface area (Å²) in [6, 6.07) is 0. The lowest BCUT2D eigenvalue weighted by atomic mass is 9.97. The van der Waals surface area contributed by atoms with Crippen molar-refractivity contribution in [2.45, 2.75) is 40.0 Å². The fourth-order valence-electron chi connectivity index (χ4n) is 2.88. The van der Waals surface area contributed by atoms with Crippen LogP contribution in [0, 0.1) is 12.8 Å². The molecule has 5 heteroatoms. The van der Waals surface area contributed by atoms with Gasteiger partial charge in [0.25, 0.3) is 0 Å². The van der Waals surface area contributed by atoms with Crippen molar-refractivity contribution in [3.05, 3.63) is 11.4 Å². The fraction of sp³-hybridized carbons (Fsp3) is 0.750. The smallest absolute Gasteiger partial charge is 0.134 e. The highest BCUT2D eigenvalue weighted by Gasteiger charge is 2.18. The molecule has 0 bridgehead atoms. The topological polar surface area (TPSA) is 53.1 Å². The van der Waals surface area contributed by atoms with Crippen molar-refractivity contribution >= 4 is 11.6 Å². The zero-order valence-corrected chi connectivity index (χ0v) is 13.9. The summed E-state index contributed by atoms with van der Waals surface area (Å²) in [6.45, 7) is 11.1. The minimum absolute atomic E-state index is 0.755. The summed E-state index contributed by atoms with van der Waals surface area (Å²) in [4.78, 5) is 11.7. The molecule has 0 atom stereocenters. The Morgan fingerprint density at radius 3 is 2.38 bits per heavy atom. The van der Waals surface area contributed by atoms with Crippen molar-refractivity contribution in [3.8, 4) is 0 Å². The van der Waals surface area contributed by atoms with Gasteiger partial charge in [-0.1, -0.05) is 13.8 Å². The second kappa shape index (κ2) is 7.59. The number of aryl methyl sites for hydroxylation is 1. The van der Waals surface area contributed by atoms with Crippen molar-refractivity contribution in [1.29, 1.82) is 0 Å². The van der Waals surface area contributed by atoms with Crippen molar-refractivity contribution in [2.24, 2.45) is 5.92 Å². The Bertz CT molecular complexity index is 452. The second-order valence-electron chi connectivity index (χ2n) is 5.82. The van der Waals surface area contributed by atoms with Crippen LogP contribution in [0.4, 0.5) is 11.6 Å². The predicted octanol–water partition coefficient (Wildman–Crippen LogP) is 2.53. The Hall–Kier alpha value is -1.36. The van der Waals surface area contributed by atoms with E-state index in [1.165, 1.54) is 32.5 Å². The third-order valence-corrected chi connectivity index (χ3v) is 4.46. The SMILES string of the molecule is CCc1nc(NC)c(C)c(NCC2CCN(CC)CC2)n1. The largest absolute Gasteiger partial charge is 0.373 e. The summed E-state index contributed by atoms with van der Waals surface area (Å²) in [5.74, 6) is 3.58. The van der Waals surface area contributed by atoms with Crippen molar-refractivity contribution in [2.75, 3.05) is 43.9 Å². The predicted molar refractivity (Wildman–Crippen MR) is 89.0 cm³/mol. The monoisotopic (exact) mass is 291 g/mol. The van der Waals surface area contributed by atoms with Crippen molar-refractivity contribution in [1.82, 2.24) is 14.9 Å². The van der Waals surface area contributed by atoms with Crippen LogP contribution in [0.25, 0.3) is 0 Å². The van der Waals surface area contributed by atoms with Gasteiger partial charge >= 0.3 is 0 Å². The lowest BCUT2D eigenvalue weighted by molar-refractivity contribution is 0.198. The van der Waals surface area contributed by atoms with Gasteiger partial charge in [-0.15, -0.1) is 0 Å². The van der Waals surface area contributed by atoms with E-state index in [4.69, 9.17) is 0 Å². The van der Waals surface area contributed by atoms with Gasteiger partial charge in [-0.2, -0.15) is 0 Å². The highest BCUT2D eigenvalue weighted by molar-refractivity contribution is 5.57. The molecule has 118 valence electrons. The first kappa shape index (κ1) is 16.0. The summed E-state index contributed by atoms with van der Waals surface area (Å²) < 4.78 is 0. The minimum atomic E-state index is 0.755. The standard InChI is InChI=1S/C16H29N5/c1-5-14-19-15(17-4)12(3)16(20-14)18-11-13-7-9-21(6-2)10-8-13/h13H,5-11H2,1-4H3,(H2,17,18,19,20). The Balaban J connectivity index is 1.96. The molecule has 2 N–H and O–H groups in total. The van der Waals surface area contributed by atoms with Crippen LogP contribution in [-0.4, -0.2) is 48.1 Å². The van der Waals surface area contributed by atoms with E-state index in [1.54, 1.807) is 0 Å². The molecule has 1 aliphatic rings. The van der Waals surface area contributed by atoms with E-state index in [2.05, 4.69) is 46.3 Å². The van der Waals surface area contributed by atoms with E-state index in [1.807, 2.05) is 7.05 Å². The average molecular weight is 291 g/mol. The van der Waals surface area contributed by atoms with Gasteiger partial charge in [-0.25, -0.2) is 9.97 Å². The van der Waals surface area contributed by atoms with Gasteiger partial charge in [0.05, 0.1) is 0 Å². The molecule has 5 nitrogen and oxygen atoms in total. The molecular formula is C16H29N5. The average Bonchev–Trinajstić information content (AvgIpc) is 2.54. The zero-order valence-electron chi connectivity index (χ0n) is 13.9. The van der Waals surface area contributed by atoms with Crippen LogP contribution < -0.4 is 10.6 Å². The van der Waals surface area contributed by atoms with Gasteiger partial charge in [0.15, 0.2) is 0 Å². The molecule has 0 radical (unpaired) electrons. The summed E-state index contributed by atoms with van der Waals surface area (Å²) >= 11 is 0. The molecule has 1 aromatic heterocycles. The lowest BCUT2D eigenvalue weighted by Gasteiger charge is -2.31. The number of anilines is 2. The number of likely N-dealkylation sites (tertiary alicyclic amines) is 1. The number of hydrogen-bond acceptors (Lipinski definition) is 5. The van der Waals surface area contributed by atoms with Crippen LogP contribution in [0.1, 0.15) is 38.1 Å². The molecule has 0 spiro atoms. The Labute approximate surface area is 128 Å². The van der Waals surface area contributed by atoms with E-state index in [9.17, 15) is 0 Å². The molecule has 0 amide bonds. The number of piperidine rings is 1. The van der Waals surface area contributed by atoms with Crippen LogP contribution in [-0.2, 0) is 6.42 Å². The first-order chi connectivity index (χ1) is 10.2. The van der Waals surface area contributed by atoms with Crippen LogP contribution in [0.15, 0.2) is 0 Å². The molecule has 21 heavy (non-hydrogen) atoms. The highest BCUT2D eigenvalue weighted by atomic mass is 15.1. The molecule has 2 heterocycles. The molecule has 0 unspecified atom stereocenters. The number of hydrogen-bond donors (Lipinski definition) is 2. The summed E-state index contributed by atoms with van der Waals surface area (Å²) in [5.41, 5.74) is 1.11. The third-order valence-electron chi connectivity index (χ3n) is 4.46. The highest BCUT2D eigenvalue weighted by Crippen LogP contribution is 2.22. The number of aromatic nitrogens is 2. The van der Waals surface area contributed by atoms with Gasteiger partial charge in [0.1, 0.15) is 17.5 Å². The first-order valence-corrected chi connectivity index (χ1v) is 8.19. The Morgan fingerprint density at radius 2 is 1.81 bits per heavy atom. The van der Waals surface area contributed by atoms with Crippen LogP contribution in [0.3, 0.4) is 0 Å². The maximum atomic E-state index is 4.64. The summed E-state index contributed by atoms with van der Waals surface area (Å²) in [5, 5.41) is 6.72. The van der Waals surface area contributed by atoms with Crippen LogP contribution in [0.2, 0.25) is 0 Å². The molecule has 0 saturated carbocycles. The van der Waals surface area contributed by atoms with Gasteiger partial charge in [0, 0.05) is 25.6 Å². The maximum absolute atomic E-state index is 4.64. The summed E-state index contributed by atoms with van der Waals surface area (Å²) in [7, 11) is 1.92. The van der Waals surface area contributed by atoms with Crippen molar-refractivity contribution < 1.29 is 0 Å². The van der Waals surface area contributed by atoms with Crippen LogP contribution in [0.5, 0.6) is 0 Å². The Kier molecular flexibility index (Phi) is 5.79. The van der Waals surface area contributed by atoms with Gasteiger partial charge in [-0.3, -0.25) is 0 Å². The summed E-state index contributed by atoms with van der Waals surface area (Å²) in [6.07, 6.45) is 3.42. The van der Waals surface area contributed by atoms with E-state index in [0.717, 1.165) is 41.9 Å². The molecule has 1 aromatic rings. The molecular weight excluding hydrogens is 262 g/mol. The van der Waals surface area contributed by atoms with E-state index in [-0.39, 0.29) is 0 Å². The Morgan fingerprint density at radius 1 is 1.14 bits per heavy atom. The molecule has 0 aromatic carbocycles. The molecule has 0 aliphatic carbocycles. The fourth-order valence-corrected chi connectivity index (χ4v) is 2.88. The second-order valence-corrected chi connectivity index (χ2v) is 5.82.